The molecule has 0 radical (unpaired) electrons. The summed E-state index contributed by atoms with van der Waals surface area (Å²) in [5.74, 6) is 1.66. The number of nitrogens with zero attached hydrogens (tertiary/aromatic N) is 7. The van der Waals surface area contributed by atoms with Crippen LogP contribution in [0.25, 0.3) is 22.3 Å². The van der Waals surface area contributed by atoms with Crippen LogP contribution in [0.1, 0.15) is 38.2 Å². The fourth-order valence-corrected chi connectivity index (χ4v) is 4.10. The lowest BCUT2D eigenvalue weighted by molar-refractivity contribution is 0.573. The second-order valence-electron chi connectivity index (χ2n) is 8.17. The summed E-state index contributed by atoms with van der Waals surface area (Å²) in [6, 6.07) is 8.21. The van der Waals surface area contributed by atoms with Crippen molar-refractivity contribution in [2.45, 2.75) is 39.2 Å². The molecule has 5 rings (SSSR count). The Morgan fingerprint density at radius 3 is 2.56 bits per heavy atom. The molecule has 0 spiro atoms. The summed E-state index contributed by atoms with van der Waals surface area (Å²) >= 11 is 0. The molecule has 164 valence electrons. The molecule has 0 saturated carbocycles. The molecular weight excluding hydrogens is 400 g/mol. The molecule has 4 aromatic heterocycles. The van der Waals surface area contributed by atoms with Crippen LogP contribution in [0.5, 0.6) is 0 Å². The van der Waals surface area contributed by atoms with Gasteiger partial charge in [-0.2, -0.15) is 10.1 Å². The van der Waals surface area contributed by atoms with E-state index in [4.69, 9.17) is 15.1 Å². The standard InChI is InChI=1S/C24H28N8/c1-2-10-26-24-28-16-20-22(19-6-7-21(27-15-19)31-13-4-3-5-14-31)30-32(23(20)29-24)17-18-8-11-25-12-9-18/h6-9,11-12,15-16H,2-5,10,13-14,17H2,1H3,(H,26,28,29). The number of anilines is 2. The van der Waals surface area contributed by atoms with Gasteiger partial charge >= 0.3 is 0 Å². The van der Waals surface area contributed by atoms with Gasteiger partial charge in [0.2, 0.25) is 5.95 Å². The molecule has 1 aliphatic heterocycles. The molecule has 4 aromatic rings. The van der Waals surface area contributed by atoms with Gasteiger partial charge in [-0.15, -0.1) is 0 Å². The summed E-state index contributed by atoms with van der Waals surface area (Å²) in [4.78, 5) is 20.5. The highest BCUT2D eigenvalue weighted by atomic mass is 15.3. The minimum Gasteiger partial charge on any atom is -0.357 e. The Labute approximate surface area is 187 Å². The van der Waals surface area contributed by atoms with Crippen LogP contribution in [-0.2, 0) is 6.54 Å². The van der Waals surface area contributed by atoms with E-state index in [0.29, 0.717) is 12.5 Å². The maximum atomic E-state index is 4.93. The number of pyridine rings is 2. The van der Waals surface area contributed by atoms with Gasteiger partial charge in [-0.25, -0.2) is 14.6 Å². The first-order valence-electron chi connectivity index (χ1n) is 11.4. The lowest BCUT2D eigenvalue weighted by atomic mass is 10.1. The largest absolute Gasteiger partial charge is 0.357 e. The van der Waals surface area contributed by atoms with Crippen molar-refractivity contribution >= 4 is 22.8 Å². The van der Waals surface area contributed by atoms with E-state index in [1.54, 1.807) is 12.4 Å². The summed E-state index contributed by atoms with van der Waals surface area (Å²) in [7, 11) is 0. The van der Waals surface area contributed by atoms with Gasteiger partial charge in [0.25, 0.3) is 0 Å². The molecule has 0 aliphatic carbocycles. The zero-order valence-corrected chi connectivity index (χ0v) is 18.4. The summed E-state index contributed by atoms with van der Waals surface area (Å²) in [5, 5.41) is 9.13. The van der Waals surface area contributed by atoms with Crippen molar-refractivity contribution in [1.29, 1.82) is 0 Å². The van der Waals surface area contributed by atoms with Crippen LogP contribution in [0.4, 0.5) is 11.8 Å². The molecule has 0 amide bonds. The quantitative estimate of drug-likeness (QED) is 0.473. The van der Waals surface area contributed by atoms with Gasteiger partial charge < -0.3 is 10.2 Å². The zero-order chi connectivity index (χ0) is 21.8. The zero-order valence-electron chi connectivity index (χ0n) is 18.4. The Morgan fingerprint density at radius 1 is 0.969 bits per heavy atom. The Bertz CT molecular complexity index is 1160. The van der Waals surface area contributed by atoms with Gasteiger partial charge in [0.05, 0.1) is 11.9 Å². The summed E-state index contributed by atoms with van der Waals surface area (Å²) in [6.07, 6.45) is 12.2. The highest BCUT2D eigenvalue weighted by Gasteiger charge is 2.17. The lowest BCUT2D eigenvalue weighted by Gasteiger charge is -2.27. The van der Waals surface area contributed by atoms with Crippen LogP contribution in [0, 0.1) is 0 Å². The molecule has 8 nitrogen and oxygen atoms in total. The van der Waals surface area contributed by atoms with Crippen molar-refractivity contribution in [1.82, 2.24) is 29.7 Å². The summed E-state index contributed by atoms with van der Waals surface area (Å²) in [6.45, 7) is 5.73. The van der Waals surface area contributed by atoms with E-state index in [1.165, 1.54) is 19.3 Å². The van der Waals surface area contributed by atoms with Gasteiger partial charge in [0, 0.05) is 50.0 Å². The van der Waals surface area contributed by atoms with Crippen molar-refractivity contribution in [3.8, 4) is 11.3 Å². The van der Waals surface area contributed by atoms with Gasteiger partial charge in [-0.05, 0) is 55.5 Å². The van der Waals surface area contributed by atoms with Gasteiger partial charge in [-0.1, -0.05) is 6.92 Å². The number of fused-ring (bicyclic) bond motifs is 1. The van der Waals surface area contributed by atoms with Gasteiger partial charge in [0.15, 0.2) is 5.65 Å². The normalized spacial score (nSPS) is 14.1. The molecule has 0 unspecified atom stereocenters. The highest BCUT2D eigenvalue weighted by Crippen LogP contribution is 2.29. The van der Waals surface area contributed by atoms with E-state index in [0.717, 1.165) is 59.7 Å². The van der Waals surface area contributed by atoms with Crippen LogP contribution in [0.3, 0.4) is 0 Å². The average molecular weight is 429 g/mol. The first-order valence-corrected chi connectivity index (χ1v) is 11.4. The van der Waals surface area contributed by atoms with Crippen LogP contribution < -0.4 is 10.2 Å². The Hall–Kier alpha value is -3.55. The Kier molecular flexibility index (Phi) is 5.91. The molecule has 0 aromatic carbocycles. The van der Waals surface area contributed by atoms with E-state index < -0.39 is 0 Å². The van der Waals surface area contributed by atoms with Gasteiger partial charge in [-0.3, -0.25) is 4.98 Å². The minimum atomic E-state index is 0.614. The predicted octanol–water partition coefficient (Wildman–Crippen LogP) is 4.14. The van der Waals surface area contributed by atoms with Crippen molar-refractivity contribution in [2.24, 2.45) is 0 Å². The monoisotopic (exact) mass is 428 g/mol. The van der Waals surface area contributed by atoms with Crippen molar-refractivity contribution in [2.75, 3.05) is 29.9 Å². The molecule has 1 saturated heterocycles. The number of hydrogen-bond donors (Lipinski definition) is 1. The first-order chi connectivity index (χ1) is 15.8. The molecule has 0 atom stereocenters. The van der Waals surface area contributed by atoms with E-state index in [1.807, 2.05) is 29.2 Å². The maximum absolute atomic E-state index is 4.93. The smallest absolute Gasteiger partial charge is 0.224 e. The highest BCUT2D eigenvalue weighted by molar-refractivity contribution is 5.91. The second kappa shape index (κ2) is 9.30. The second-order valence-corrected chi connectivity index (χ2v) is 8.17. The minimum absolute atomic E-state index is 0.614. The summed E-state index contributed by atoms with van der Waals surface area (Å²) < 4.78 is 1.94. The predicted molar refractivity (Wildman–Crippen MR) is 127 cm³/mol. The number of aromatic nitrogens is 6. The van der Waals surface area contributed by atoms with E-state index >= 15 is 0 Å². The summed E-state index contributed by atoms with van der Waals surface area (Å²) in [5.41, 5.74) is 3.76. The third kappa shape index (κ3) is 4.26. The SMILES string of the molecule is CCCNc1ncc2c(-c3ccc(N4CCCCC4)nc3)nn(Cc3ccncc3)c2n1. The van der Waals surface area contributed by atoms with E-state index in [9.17, 15) is 0 Å². The molecule has 1 fully saturated rings. The molecular formula is C24H28N8. The van der Waals surface area contributed by atoms with Crippen molar-refractivity contribution in [3.05, 3.63) is 54.6 Å². The third-order valence-electron chi connectivity index (χ3n) is 5.81. The number of nitrogens with one attached hydrogen (secondary N) is 1. The molecule has 1 aliphatic rings. The van der Waals surface area contributed by atoms with Crippen LogP contribution in [0.2, 0.25) is 0 Å². The molecule has 0 bridgehead atoms. The van der Waals surface area contributed by atoms with Crippen LogP contribution >= 0.6 is 0 Å². The topological polar surface area (TPSA) is 84.7 Å². The Morgan fingerprint density at radius 2 is 1.81 bits per heavy atom. The number of rotatable bonds is 7. The lowest BCUT2D eigenvalue weighted by Crippen LogP contribution is -2.29. The maximum Gasteiger partial charge on any atom is 0.224 e. The third-order valence-corrected chi connectivity index (χ3v) is 5.81. The molecule has 32 heavy (non-hydrogen) atoms. The molecule has 8 heteroatoms. The Balaban J connectivity index is 1.51. The number of piperidine rings is 1. The van der Waals surface area contributed by atoms with Crippen molar-refractivity contribution in [3.63, 3.8) is 0 Å². The average Bonchev–Trinajstić information content (AvgIpc) is 3.21. The number of hydrogen-bond acceptors (Lipinski definition) is 7. The van der Waals surface area contributed by atoms with Crippen LogP contribution in [0.15, 0.2) is 49.1 Å². The van der Waals surface area contributed by atoms with Crippen molar-refractivity contribution < 1.29 is 0 Å². The fourth-order valence-electron chi connectivity index (χ4n) is 4.10. The first kappa shape index (κ1) is 20.4. The van der Waals surface area contributed by atoms with Crippen LogP contribution in [-0.4, -0.2) is 49.4 Å². The van der Waals surface area contributed by atoms with E-state index in [2.05, 4.69) is 39.2 Å². The van der Waals surface area contributed by atoms with E-state index in [-0.39, 0.29) is 0 Å². The molecule has 1 N–H and O–H groups in total. The van der Waals surface area contributed by atoms with Gasteiger partial charge in [0.1, 0.15) is 11.5 Å². The fraction of sp³-hybridized carbons (Fsp3) is 0.375. The molecule has 5 heterocycles.